The summed E-state index contributed by atoms with van der Waals surface area (Å²) in [7, 11) is 0. The number of hydrogen-bond donors (Lipinski definition) is 0. The fraction of sp³-hybridized carbons (Fsp3) is 0.592. The number of ether oxygens (including phenoxy) is 3. The van der Waals surface area contributed by atoms with E-state index in [1.165, 1.54) is 89.9 Å². The molecular weight excluding hydrogens is 1010 g/mol. The number of allylic oxidation sites excluding steroid dienone is 27. The highest BCUT2D eigenvalue weighted by Gasteiger charge is 2.19. The van der Waals surface area contributed by atoms with Crippen LogP contribution >= 0.6 is 0 Å². The van der Waals surface area contributed by atoms with E-state index in [9.17, 15) is 14.4 Å². The summed E-state index contributed by atoms with van der Waals surface area (Å²) in [6.45, 7) is 6.29. The van der Waals surface area contributed by atoms with Crippen molar-refractivity contribution >= 4 is 17.9 Å². The Morgan fingerprint density at radius 3 is 0.854 bits per heavy atom. The van der Waals surface area contributed by atoms with Crippen LogP contribution in [0.2, 0.25) is 0 Å². The van der Waals surface area contributed by atoms with E-state index in [1.54, 1.807) is 6.08 Å². The van der Waals surface area contributed by atoms with Gasteiger partial charge in [-0.25, -0.2) is 0 Å². The minimum absolute atomic E-state index is 0.117. The average molecular weight is 1130 g/mol. The van der Waals surface area contributed by atoms with Crippen LogP contribution in [0.4, 0.5) is 0 Å². The first-order chi connectivity index (χ1) is 40.5. The maximum absolute atomic E-state index is 12.9. The monoisotopic (exact) mass is 1130 g/mol. The summed E-state index contributed by atoms with van der Waals surface area (Å²) < 4.78 is 16.8. The molecule has 1 unspecified atom stereocenters. The van der Waals surface area contributed by atoms with Crippen molar-refractivity contribution < 1.29 is 28.6 Å². The molecule has 0 bridgehead atoms. The van der Waals surface area contributed by atoms with Crippen molar-refractivity contribution in [2.75, 3.05) is 13.2 Å². The van der Waals surface area contributed by atoms with Crippen molar-refractivity contribution in [3.8, 4) is 0 Å². The fourth-order valence-electron chi connectivity index (χ4n) is 8.58. The van der Waals surface area contributed by atoms with Crippen LogP contribution in [0, 0.1) is 0 Å². The van der Waals surface area contributed by atoms with Crippen LogP contribution in [-0.2, 0) is 28.6 Å². The molecule has 6 heteroatoms. The summed E-state index contributed by atoms with van der Waals surface area (Å²) in [5, 5.41) is 0. The Bertz CT molecular complexity index is 1870. The van der Waals surface area contributed by atoms with Crippen molar-refractivity contribution in [2.45, 2.75) is 277 Å². The molecule has 0 heterocycles. The van der Waals surface area contributed by atoms with Gasteiger partial charge in [-0.1, -0.05) is 287 Å². The van der Waals surface area contributed by atoms with E-state index in [4.69, 9.17) is 14.2 Å². The molecule has 6 nitrogen and oxygen atoms in total. The summed E-state index contributed by atoms with van der Waals surface area (Å²) in [5.74, 6) is -1.08. The SMILES string of the molecule is CC/C=C\C/C=C\C/C=C\C/C=C\C/C=C\C/C=C\C/C=C\CCCCCCCCCCCCCC(=O)OCC(COC(=O)C/C=C\C/C=C\C/C=C\C/C=C\C/C=C\CC)OC(=O)CCCCCCC/C=C\C/C=C\CCCCCC. The summed E-state index contributed by atoms with van der Waals surface area (Å²) in [4.78, 5) is 38.3. The zero-order valence-corrected chi connectivity index (χ0v) is 52.7. The van der Waals surface area contributed by atoms with Crippen molar-refractivity contribution in [3.63, 3.8) is 0 Å². The van der Waals surface area contributed by atoms with E-state index in [-0.39, 0.29) is 38.0 Å². The summed E-state index contributed by atoms with van der Waals surface area (Å²) in [6.07, 6.45) is 101. The van der Waals surface area contributed by atoms with Gasteiger partial charge in [0.15, 0.2) is 6.10 Å². The standard InChI is InChI=1S/C76H120O6/c1-4-7-10-13-16-19-22-25-28-30-31-32-33-34-35-36-37-38-39-40-41-42-43-44-45-46-49-51-54-57-60-63-66-69-75(78)81-72-73(71-80-74(77)68-65-62-59-56-53-50-47-27-24-21-18-15-12-9-6-3)82-76(79)70-67-64-61-58-55-52-48-29-26-23-20-17-14-11-8-5-2/h7,9-10,12,16,18-21,23,25,27-29,31-32,34-35,37-38,40-41,47-48,53,56,62,65,73H,4-6,8,11,13-15,17,22,24,26,30,33,36,39,42-46,49-52,54-55,57-61,63-64,66-72H2,1-3H3/b10-7-,12-9-,19-16-,21-18-,23-20-,28-25-,32-31-,35-34-,38-37-,41-40-,47-27-,48-29-,56-53-,65-62-. The van der Waals surface area contributed by atoms with Crippen LogP contribution in [0.3, 0.4) is 0 Å². The molecule has 0 aromatic rings. The van der Waals surface area contributed by atoms with E-state index in [0.717, 1.165) is 141 Å². The number of carbonyl (C=O) groups excluding carboxylic acids is 3. The molecule has 460 valence electrons. The molecule has 0 aliphatic heterocycles. The molecule has 0 radical (unpaired) electrons. The lowest BCUT2D eigenvalue weighted by Crippen LogP contribution is -2.30. The fourth-order valence-corrected chi connectivity index (χ4v) is 8.58. The van der Waals surface area contributed by atoms with E-state index in [1.807, 2.05) is 6.08 Å². The second kappa shape index (κ2) is 68.3. The summed E-state index contributed by atoms with van der Waals surface area (Å²) in [6, 6.07) is 0. The van der Waals surface area contributed by atoms with E-state index in [0.29, 0.717) is 6.42 Å². The molecule has 0 saturated heterocycles. The van der Waals surface area contributed by atoms with Gasteiger partial charge in [-0.3, -0.25) is 14.4 Å². The van der Waals surface area contributed by atoms with Crippen molar-refractivity contribution in [2.24, 2.45) is 0 Å². The van der Waals surface area contributed by atoms with Gasteiger partial charge in [-0.05, 0) is 135 Å². The molecule has 0 aromatic carbocycles. The second-order valence-electron chi connectivity index (χ2n) is 21.3. The highest BCUT2D eigenvalue weighted by Crippen LogP contribution is 2.15. The van der Waals surface area contributed by atoms with Gasteiger partial charge in [0.2, 0.25) is 0 Å². The molecule has 0 spiro atoms. The Morgan fingerprint density at radius 2 is 0.524 bits per heavy atom. The first-order valence-electron chi connectivity index (χ1n) is 33.1. The van der Waals surface area contributed by atoms with Gasteiger partial charge in [0.25, 0.3) is 0 Å². The summed E-state index contributed by atoms with van der Waals surface area (Å²) in [5.41, 5.74) is 0. The third-order valence-corrected chi connectivity index (χ3v) is 13.5. The van der Waals surface area contributed by atoms with Gasteiger partial charge in [-0.2, -0.15) is 0 Å². The first kappa shape index (κ1) is 76.8. The molecule has 0 aliphatic rings. The molecule has 0 rings (SSSR count). The zero-order chi connectivity index (χ0) is 59.2. The minimum atomic E-state index is -0.835. The van der Waals surface area contributed by atoms with Gasteiger partial charge < -0.3 is 14.2 Å². The van der Waals surface area contributed by atoms with E-state index >= 15 is 0 Å². The van der Waals surface area contributed by atoms with Crippen LogP contribution in [0.5, 0.6) is 0 Å². The molecule has 0 saturated carbocycles. The lowest BCUT2D eigenvalue weighted by Gasteiger charge is -2.18. The van der Waals surface area contributed by atoms with Crippen molar-refractivity contribution in [3.05, 3.63) is 170 Å². The minimum Gasteiger partial charge on any atom is -0.462 e. The van der Waals surface area contributed by atoms with Gasteiger partial charge in [0.1, 0.15) is 13.2 Å². The van der Waals surface area contributed by atoms with Gasteiger partial charge in [0, 0.05) is 12.8 Å². The Morgan fingerprint density at radius 1 is 0.268 bits per heavy atom. The highest BCUT2D eigenvalue weighted by molar-refractivity contribution is 5.72. The van der Waals surface area contributed by atoms with Crippen LogP contribution in [-0.4, -0.2) is 37.2 Å². The lowest BCUT2D eigenvalue weighted by molar-refractivity contribution is -0.166. The summed E-state index contributed by atoms with van der Waals surface area (Å²) >= 11 is 0. The molecule has 0 N–H and O–H groups in total. The topological polar surface area (TPSA) is 78.9 Å². The van der Waals surface area contributed by atoms with Crippen LogP contribution in [0.25, 0.3) is 0 Å². The zero-order valence-electron chi connectivity index (χ0n) is 52.7. The predicted octanol–water partition coefficient (Wildman–Crippen LogP) is 23.0. The third kappa shape index (κ3) is 65.6. The second-order valence-corrected chi connectivity index (χ2v) is 21.3. The van der Waals surface area contributed by atoms with Gasteiger partial charge >= 0.3 is 17.9 Å². The third-order valence-electron chi connectivity index (χ3n) is 13.5. The Labute approximate surface area is 504 Å². The Balaban J connectivity index is 4.36. The first-order valence-corrected chi connectivity index (χ1v) is 33.1. The average Bonchev–Trinajstić information content (AvgIpc) is 3.47. The van der Waals surface area contributed by atoms with Gasteiger partial charge in [0.05, 0.1) is 6.42 Å². The van der Waals surface area contributed by atoms with Crippen molar-refractivity contribution in [1.82, 2.24) is 0 Å². The maximum atomic E-state index is 12.9. The Kier molecular flexibility index (Phi) is 63.9. The highest BCUT2D eigenvalue weighted by atomic mass is 16.6. The number of rotatable bonds is 58. The molecule has 0 fully saturated rings. The van der Waals surface area contributed by atoms with Crippen LogP contribution in [0.1, 0.15) is 271 Å². The van der Waals surface area contributed by atoms with Gasteiger partial charge in [-0.15, -0.1) is 0 Å². The van der Waals surface area contributed by atoms with E-state index in [2.05, 4.69) is 179 Å². The number of carbonyl (C=O) groups is 3. The molecule has 0 amide bonds. The van der Waals surface area contributed by atoms with E-state index < -0.39 is 12.1 Å². The number of hydrogen-bond acceptors (Lipinski definition) is 6. The molecule has 0 aromatic heterocycles. The smallest absolute Gasteiger partial charge is 0.309 e. The molecule has 82 heavy (non-hydrogen) atoms. The molecule has 0 aliphatic carbocycles. The predicted molar refractivity (Wildman–Crippen MR) is 357 cm³/mol. The quantitative estimate of drug-likeness (QED) is 0.0261. The Hall–Kier alpha value is -5.23. The normalized spacial score (nSPS) is 13.3. The maximum Gasteiger partial charge on any atom is 0.309 e. The molecule has 1 atom stereocenters. The molecular formula is C76H120O6. The lowest BCUT2D eigenvalue weighted by atomic mass is 10.0. The number of esters is 3. The number of unbranched alkanes of at least 4 members (excludes halogenated alkanes) is 20. The van der Waals surface area contributed by atoms with Crippen molar-refractivity contribution in [1.29, 1.82) is 0 Å². The van der Waals surface area contributed by atoms with Crippen LogP contribution in [0.15, 0.2) is 170 Å². The van der Waals surface area contributed by atoms with Crippen LogP contribution < -0.4 is 0 Å². The largest absolute Gasteiger partial charge is 0.462 e.